The molecule has 0 spiro atoms. The van der Waals surface area contributed by atoms with Gasteiger partial charge in [0.05, 0.1) is 0 Å². The predicted octanol–water partition coefficient (Wildman–Crippen LogP) is 2.28. The van der Waals surface area contributed by atoms with Gasteiger partial charge in [-0.25, -0.2) is 4.39 Å². The van der Waals surface area contributed by atoms with Crippen molar-refractivity contribution in [3.05, 3.63) is 46.1 Å². The number of azide groups is 1. The van der Waals surface area contributed by atoms with Crippen LogP contribution in [0.25, 0.3) is 10.4 Å². The quantitative estimate of drug-likeness (QED) is 0.361. The number of halogens is 1. The Morgan fingerprint density at radius 1 is 1.24 bits per heavy atom. The summed E-state index contributed by atoms with van der Waals surface area (Å²) < 4.78 is 12.9. The summed E-state index contributed by atoms with van der Waals surface area (Å²) in [6.45, 7) is 4.32. The molecule has 0 saturated carbocycles. The maximum absolute atomic E-state index is 12.9. The Kier molecular flexibility index (Phi) is 5.54. The van der Waals surface area contributed by atoms with Crippen molar-refractivity contribution >= 4 is 5.91 Å². The van der Waals surface area contributed by atoms with Gasteiger partial charge in [0.2, 0.25) is 0 Å². The molecule has 1 heterocycles. The monoisotopic (exact) mass is 290 g/mol. The Morgan fingerprint density at radius 2 is 1.90 bits per heavy atom. The van der Waals surface area contributed by atoms with Crippen molar-refractivity contribution in [2.75, 3.05) is 39.3 Å². The molecule has 6 nitrogen and oxygen atoms in total. The lowest BCUT2D eigenvalue weighted by molar-refractivity contribution is 0.0636. The summed E-state index contributed by atoms with van der Waals surface area (Å²) in [5.74, 6) is -0.389. The lowest BCUT2D eigenvalue weighted by Crippen LogP contribution is -2.48. The van der Waals surface area contributed by atoms with E-state index in [0.29, 0.717) is 25.2 Å². The van der Waals surface area contributed by atoms with Gasteiger partial charge in [-0.05, 0) is 42.8 Å². The van der Waals surface area contributed by atoms with Crippen LogP contribution in [-0.4, -0.2) is 55.0 Å². The summed E-state index contributed by atoms with van der Waals surface area (Å²) in [4.78, 5) is 19.0. The van der Waals surface area contributed by atoms with Gasteiger partial charge in [0, 0.05) is 43.2 Å². The summed E-state index contributed by atoms with van der Waals surface area (Å²) in [5.41, 5.74) is 8.72. The third-order valence-corrected chi connectivity index (χ3v) is 3.55. The molecule has 0 bridgehead atoms. The molecule has 1 fully saturated rings. The first-order chi connectivity index (χ1) is 10.2. The number of piperazine rings is 1. The minimum Gasteiger partial charge on any atom is -0.336 e. The van der Waals surface area contributed by atoms with Crippen LogP contribution >= 0.6 is 0 Å². The Morgan fingerprint density at radius 3 is 2.52 bits per heavy atom. The highest BCUT2D eigenvalue weighted by molar-refractivity contribution is 5.94. The van der Waals surface area contributed by atoms with E-state index in [4.69, 9.17) is 5.53 Å². The number of carbonyl (C=O) groups is 1. The molecule has 1 aromatic rings. The normalized spacial score (nSPS) is 15.6. The molecule has 1 aromatic carbocycles. The number of benzene rings is 1. The summed E-state index contributed by atoms with van der Waals surface area (Å²) in [5, 5.41) is 3.50. The first-order valence-electron chi connectivity index (χ1n) is 6.99. The summed E-state index contributed by atoms with van der Waals surface area (Å²) in [7, 11) is 0. The Bertz CT molecular complexity index is 519. The number of rotatable bonds is 5. The lowest BCUT2D eigenvalue weighted by atomic mass is 10.1. The first kappa shape index (κ1) is 15.3. The highest BCUT2D eigenvalue weighted by atomic mass is 18.2. The molecule has 112 valence electrons. The fourth-order valence-corrected chi connectivity index (χ4v) is 2.36. The van der Waals surface area contributed by atoms with Crippen molar-refractivity contribution in [2.45, 2.75) is 6.42 Å². The van der Waals surface area contributed by atoms with Gasteiger partial charge in [-0.15, -0.1) is 0 Å². The van der Waals surface area contributed by atoms with Gasteiger partial charge in [-0.1, -0.05) is 5.11 Å². The highest BCUT2D eigenvalue weighted by Gasteiger charge is 2.21. The molecule has 0 aliphatic carbocycles. The zero-order chi connectivity index (χ0) is 15.1. The molecule has 1 amide bonds. The minimum absolute atomic E-state index is 0.0521. The fraction of sp³-hybridized carbons (Fsp3) is 0.500. The first-order valence-corrected chi connectivity index (χ1v) is 6.99. The van der Waals surface area contributed by atoms with Crippen LogP contribution < -0.4 is 0 Å². The van der Waals surface area contributed by atoms with E-state index in [9.17, 15) is 9.18 Å². The van der Waals surface area contributed by atoms with Crippen LogP contribution in [0.4, 0.5) is 4.39 Å². The molecule has 1 aliphatic heterocycles. The minimum atomic E-state index is -0.337. The van der Waals surface area contributed by atoms with Crippen LogP contribution in [0.3, 0.4) is 0 Å². The summed E-state index contributed by atoms with van der Waals surface area (Å²) in [6.07, 6.45) is 0.829. The Balaban J connectivity index is 1.79. The predicted molar refractivity (Wildman–Crippen MR) is 77.4 cm³/mol. The van der Waals surface area contributed by atoms with Gasteiger partial charge in [0.1, 0.15) is 5.82 Å². The van der Waals surface area contributed by atoms with E-state index in [1.165, 1.54) is 24.3 Å². The van der Waals surface area contributed by atoms with Crippen LogP contribution in [0.15, 0.2) is 29.4 Å². The average molecular weight is 290 g/mol. The van der Waals surface area contributed by atoms with Gasteiger partial charge < -0.3 is 4.90 Å². The molecule has 0 radical (unpaired) electrons. The molecule has 1 saturated heterocycles. The largest absolute Gasteiger partial charge is 0.336 e. The Hall–Kier alpha value is -2.11. The van der Waals surface area contributed by atoms with Gasteiger partial charge >= 0.3 is 0 Å². The second kappa shape index (κ2) is 7.61. The standard InChI is InChI=1S/C14H18FN5O/c15-13-4-2-12(3-5-13)14(21)20-10-8-19(9-11-20)7-1-6-17-18-16/h2-5H,1,6-11H2/i15-1. The maximum Gasteiger partial charge on any atom is 0.253 e. The maximum atomic E-state index is 12.9. The van der Waals surface area contributed by atoms with Crippen LogP contribution in [-0.2, 0) is 0 Å². The van der Waals surface area contributed by atoms with E-state index in [1.807, 2.05) is 0 Å². The molecular formula is C14H18FN5O. The lowest BCUT2D eigenvalue weighted by Gasteiger charge is -2.34. The molecule has 1 aliphatic rings. The van der Waals surface area contributed by atoms with Gasteiger partial charge in [0.15, 0.2) is 0 Å². The van der Waals surface area contributed by atoms with E-state index in [2.05, 4.69) is 14.9 Å². The number of hydrogen-bond acceptors (Lipinski definition) is 3. The molecule has 0 unspecified atom stereocenters. The molecule has 7 heteroatoms. The van der Waals surface area contributed by atoms with E-state index in [-0.39, 0.29) is 11.7 Å². The van der Waals surface area contributed by atoms with Crippen molar-refractivity contribution in [1.82, 2.24) is 9.80 Å². The van der Waals surface area contributed by atoms with Crippen LogP contribution in [0.2, 0.25) is 0 Å². The van der Waals surface area contributed by atoms with Crippen molar-refractivity contribution in [2.24, 2.45) is 5.11 Å². The summed E-state index contributed by atoms with van der Waals surface area (Å²) >= 11 is 0. The van der Waals surface area contributed by atoms with Crippen molar-refractivity contribution in [3.8, 4) is 0 Å². The molecule has 2 rings (SSSR count). The van der Waals surface area contributed by atoms with Crippen molar-refractivity contribution in [1.29, 1.82) is 0 Å². The zero-order valence-electron chi connectivity index (χ0n) is 11.8. The smallest absolute Gasteiger partial charge is 0.253 e. The number of amides is 1. The molecule has 0 atom stereocenters. The van der Waals surface area contributed by atoms with E-state index in [0.717, 1.165) is 26.1 Å². The highest BCUT2D eigenvalue weighted by Crippen LogP contribution is 2.10. The zero-order valence-corrected chi connectivity index (χ0v) is 11.8. The van der Waals surface area contributed by atoms with Crippen LogP contribution in [0, 0.1) is 5.82 Å². The van der Waals surface area contributed by atoms with E-state index in [1.54, 1.807) is 4.90 Å². The van der Waals surface area contributed by atoms with E-state index < -0.39 is 0 Å². The molecular weight excluding hydrogens is 272 g/mol. The molecule has 0 aromatic heterocycles. The van der Waals surface area contributed by atoms with Crippen molar-refractivity contribution < 1.29 is 9.18 Å². The molecule has 0 N–H and O–H groups in total. The van der Waals surface area contributed by atoms with Gasteiger partial charge in [-0.2, -0.15) is 0 Å². The molecule has 21 heavy (non-hydrogen) atoms. The number of hydrogen-bond donors (Lipinski definition) is 0. The SMILES string of the molecule is [N-]=[N+]=NCCCN1CCN(C(=O)c2ccc([18F])cc2)CC1. The Labute approximate surface area is 122 Å². The number of carbonyl (C=O) groups excluding carboxylic acids is 1. The second-order valence-corrected chi connectivity index (χ2v) is 4.95. The third kappa shape index (κ3) is 4.44. The van der Waals surface area contributed by atoms with Gasteiger partial charge in [0.25, 0.3) is 5.91 Å². The second-order valence-electron chi connectivity index (χ2n) is 4.95. The van der Waals surface area contributed by atoms with Crippen LogP contribution in [0.5, 0.6) is 0 Å². The van der Waals surface area contributed by atoms with Crippen LogP contribution in [0.1, 0.15) is 16.8 Å². The van der Waals surface area contributed by atoms with Gasteiger partial charge in [-0.3, -0.25) is 9.69 Å². The van der Waals surface area contributed by atoms with E-state index >= 15 is 0 Å². The average Bonchev–Trinajstić information content (AvgIpc) is 2.52. The van der Waals surface area contributed by atoms with Crippen molar-refractivity contribution in [3.63, 3.8) is 0 Å². The summed E-state index contributed by atoms with van der Waals surface area (Å²) in [6, 6.07) is 5.65. The number of nitrogens with zero attached hydrogens (tertiary/aromatic N) is 5. The topological polar surface area (TPSA) is 72.3 Å². The third-order valence-electron chi connectivity index (χ3n) is 3.55. The fourth-order valence-electron chi connectivity index (χ4n) is 2.36.